The summed E-state index contributed by atoms with van der Waals surface area (Å²) in [6.45, 7) is 9.73. The maximum absolute atomic E-state index is 12.3. The number of allylic oxidation sites excluding steroid dienone is 1. The maximum Gasteiger partial charge on any atom is 0.173 e. The van der Waals surface area contributed by atoms with Gasteiger partial charge in [0.15, 0.2) is 11.6 Å². The molecule has 1 saturated carbocycles. The largest absolute Gasteiger partial charge is 0.298 e. The minimum Gasteiger partial charge on any atom is -0.298 e. The predicted molar refractivity (Wildman–Crippen MR) is 92.6 cm³/mol. The van der Waals surface area contributed by atoms with Crippen LogP contribution in [0, 0.1) is 20.8 Å². The molecular weight excluding hydrogens is 284 g/mol. The second-order valence-electron chi connectivity index (χ2n) is 6.43. The van der Waals surface area contributed by atoms with E-state index >= 15 is 0 Å². The first-order chi connectivity index (χ1) is 10.9. The van der Waals surface area contributed by atoms with Crippen molar-refractivity contribution in [2.45, 2.75) is 33.1 Å². The molecule has 0 aromatic heterocycles. The molecule has 0 amide bonds. The number of ketones is 2. The van der Waals surface area contributed by atoms with Crippen molar-refractivity contribution in [2.24, 2.45) is 0 Å². The van der Waals surface area contributed by atoms with Crippen LogP contribution in [0.1, 0.15) is 34.6 Å². The Bertz CT molecular complexity index is 802. The summed E-state index contributed by atoms with van der Waals surface area (Å²) in [6, 6.07) is 12.5. The lowest BCUT2D eigenvalue weighted by Crippen LogP contribution is -2.15. The first-order valence-electron chi connectivity index (χ1n) is 7.81. The van der Waals surface area contributed by atoms with Gasteiger partial charge in [0.1, 0.15) is 5.92 Å². The molecular formula is C21H20O2. The summed E-state index contributed by atoms with van der Waals surface area (Å²) in [5.74, 6) is -0.812. The van der Waals surface area contributed by atoms with Crippen LogP contribution in [0.15, 0.2) is 48.6 Å². The molecule has 0 bridgehead atoms. The fourth-order valence-corrected chi connectivity index (χ4v) is 3.38. The van der Waals surface area contributed by atoms with Crippen LogP contribution >= 0.6 is 0 Å². The second-order valence-corrected chi connectivity index (χ2v) is 6.43. The number of hydrogen-bond acceptors (Lipinski definition) is 2. The van der Waals surface area contributed by atoms with Crippen molar-refractivity contribution in [1.82, 2.24) is 0 Å². The van der Waals surface area contributed by atoms with Gasteiger partial charge in [0.25, 0.3) is 0 Å². The van der Waals surface area contributed by atoms with Crippen molar-refractivity contribution >= 4 is 11.6 Å². The predicted octanol–water partition coefficient (Wildman–Crippen LogP) is 4.46. The zero-order valence-corrected chi connectivity index (χ0v) is 13.8. The lowest BCUT2D eigenvalue weighted by molar-refractivity contribution is -0.123. The topological polar surface area (TPSA) is 34.1 Å². The molecule has 3 rings (SSSR count). The van der Waals surface area contributed by atoms with Gasteiger partial charge in [-0.3, -0.25) is 9.59 Å². The van der Waals surface area contributed by atoms with Gasteiger partial charge < -0.3 is 0 Å². The number of rotatable bonds is 2. The zero-order valence-electron chi connectivity index (χ0n) is 13.8. The highest BCUT2D eigenvalue weighted by atomic mass is 16.2. The molecule has 0 saturated heterocycles. The van der Waals surface area contributed by atoms with Gasteiger partial charge in [-0.25, -0.2) is 0 Å². The van der Waals surface area contributed by atoms with E-state index in [-0.39, 0.29) is 18.0 Å². The average Bonchev–Trinajstić information content (AvgIpc) is 2.74. The summed E-state index contributed by atoms with van der Waals surface area (Å²) >= 11 is 0. The van der Waals surface area contributed by atoms with Crippen molar-refractivity contribution in [2.75, 3.05) is 0 Å². The molecule has 116 valence electrons. The molecule has 2 heteroatoms. The van der Waals surface area contributed by atoms with Crippen molar-refractivity contribution in [3.05, 3.63) is 70.8 Å². The number of carbonyl (C=O) groups excluding carboxylic acids is 2. The third kappa shape index (κ3) is 2.65. The van der Waals surface area contributed by atoms with E-state index in [1.807, 2.05) is 13.8 Å². The first kappa shape index (κ1) is 15.4. The first-order valence-corrected chi connectivity index (χ1v) is 7.81. The Morgan fingerprint density at radius 3 is 1.96 bits per heavy atom. The highest BCUT2D eigenvalue weighted by molar-refractivity contribution is 6.22. The SMILES string of the molecule is C=C1CC(=O)C(c2c(C)cc(-c3ccc(C)cc3)cc2C)C1=O. The van der Waals surface area contributed by atoms with Gasteiger partial charge in [-0.15, -0.1) is 0 Å². The van der Waals surface area contributed by atoms with Crippen LogP contribution in [-0.2, 0) is 9.59 Å². The van der Waals surface area contributed by atoms with Crippen LogP contribution in [0.2, 0.25) is 0 Å². The van der Waals surface area contributed by atoms with E-state index in [1.165, 1.54) is 5.56 Å². The van der Waals surface area contributed by atoms with Crippen molar-refractivity contribution < 1.29 is 9.59 Å². The van der Waals surface area contributed by atoms with Crippen molar-refractivity contribution in [1.29, 1.82) is 0 Å². The molecule has 0 N–H and O–H groups in total. The Morgan fingerprint density at radius 1 is 0.913 bits per heavy atom. The molecule has 1 fully saturated rings. The number of hydrogen-bond donors (Lipinski definition) is 0. The lowest BCUT2D eigenvalue weighted by atomic mass is 9.86. The van der Waals surface area contributed by atoms with Gasteiger partial charge in [-0.05, 0) is 54.2 Å². The summed E-state index contributed by atoms with van der Waals surface area (Å²) in [7, 11) is 0. The molecule has 2 aromatic rings. The highest BCUT2D eigenvalue weighted by Gasteiger charge is 2.38. The second kappa shape index (κ2) is 5.62. The molecule has 2 aromatic carbocycles. The monoisotopic (exact) mass is 304 g/mol. The fraction of sp³-hybridized carbons (Fsp3) is 0.238. The van der Waals surface area contributed by atoms with Crippen LogP contribution in [0.5, 0.6) is 0 Å². The summed E-state index contributed by atoms with van der Waals surface area (Å²) in [5, 5.41) is 0. The Kier molecular flexibility index (Phi) is 3.77. The van der Waals surface area contributed by atoms with E-state index in [0.29, 0.717) is 5.57 Å². The van der Waals surface area contributed by atoms with Gasteiger partial charge in [-0.2, -0.15) is 0 Å². The van der Waals surface area contributed by atoms with Crippen LogP contribution in [0.3, 0.4) is 0 Å². The Hall–Kier alpha value is -2.48. The molecule has 0 spiro atoms. The van der Waals surface area contributed by atoms with Crippen molar-refractivity contribution in [3.63, 3.8) is 0 Å². The van der Waals surface area contributed by atoms with Gasteiger partial charge in [0, 0.05) is 6.42 Å². The van der Waals surface area contributed by atoms with E-state index < -0.39 is 5.92 Å². The van der Waals surface area contributed by atoms with Gasteiger partial charge >= 0.3 is 0 Å². The van der Waals surface area contributed by atoms with Gasteiger partial charge in [0.05, 0.1) is 0 Å². The van der Waals surface area contributed by atoms with E-state index in [1.54, 1.807) is 0 Å². The quantitative estimate of drug-likeness (QED) is 0.606. The minimum absolute atomic E-state index is 0.0331. The molecule has 23 heavy (non-hydrogen) atoms. The Morgan fingerprint density at radius 2 is 1.48 bits per heavy atom. The highest BCUT2D eigenvalue weighted by Crippen LogP contribution is 2.36. The van der Waals surface area contributed by atoms with Crippen molar-refractivity contribution in [3.8, 4) is 11.1 Å². The molecule has 1 unspecified atom stereocenters. The molecule has 0 heterocycles. The normalized spacial score (nSPS) is 17.9. The Labute approximate surface area is 136 Å². The summed E-state index contributed by atoms with van der Waals surface area (Å²) < 4.78 is 0. The van der Waals surface area contributed by atoms with Gasteiger partial charge in [0.2, 0.25) is 0 Å². The third-order valence-electron chi connectivity index (χ3n) is 4.59. The Balaban J connectivity index is 2.08. The summed E-state index contributed by atoms with van der Waals surface area (Å²) in [6.07, 6.45) is 0.183. The average molecular weight is 304 g/mol. The van der Waals surface area contributed by atoms with Crippen LogP contribution < -0.4 is 0 Å². The van der Waals surface area contributed by atoms with E-state index in [9.17, 15) is 9.59 Å². The van der Waals surface area contributed by atoms with E-state index in [0.717, 1.165) is 27.8 Å². The summed E-state index contributed by atoms with van der Waals surface area (Å²) in [5.41, 5.74) is 6.74. The number of carbonyl (C=O) groups is 2. The molecule has 1 atom stereocenters. The zero-order chi connectivity index (χ0) is 16.7. The molecule has 1 aliphatic carbocycles. The fourth-order valence-electron chi connectivity index (χ4n) is 3.38. The minimum atomic E-state index is -0.658. The molecule has 2 nitrogen and oxygen atoms in total. The van der Waals surface area contributed by atoms with Crippen LogP contribution in [0.4, 0.5) is 0 Å². The molecule has 0 aliphatic heterocycles. The molecule has 1 aliphatic rings. The molecule has 0 radical (unpaired) electrons. The smallest absolute Gasteiger partial charge is 0.173 e. The number of benzene rings is 2. The van der Waals surface area contributed by atoms with Gasteiger partial charge in [-0.1, -0.05) is 48.5 Å². The van der Waals surface area contributed by atoms with E-state index in [2.05, 4.69) is 49.9 Å². The standard InChI is InChI=1S/C21H20O2/c1-12-5-7-16(8-6-12)17-9-13(2)19(14(3)10-17)20-18(22)11-15(4)21(20)23/h5-10,20H,4,11H2,1-3H3. The maximum atomic E-state index is 12.3. The lowest BCUT2D eigenvalue weighted by Gasteiger charge is -2.16. The number of Topliss-reactive ketones (excluding diaryl/α,β-unsaturated/α-hetero) is 2. The van der Waals surface area contributed by atoms with Crippen LogP contribution in [0.25, 0.3) is 11.1 Å². The third-order valence-corrected chi connectivity index (χ3v) is 4.59. The van der Waals surface area contributed by atoms with Crippen LogP contribution in [-0.4, -0.2) is 11.6 Å². The summed E-state index contributed by atoms with van der Waals surface area (Å²) in [4.78, 5) is 24.5. The number of aryl methyl sites for hydroxylation is 3. The van der Waals surface area contributed by atoms with E-state index in [4.69, 9.17) is 0 Å².